The molecule has 0 bridgehead atoms. The molecule has 1 heterocycles. The number of anilines is 1. The van der Waals surface area contributed by atoms with E-state index >= 15 is 0 Å². The summed E-state index contributed by atoms with van der Waals surface area (Å²) in [5.41, 5.74) is 36.9. The molecule has 0 saturated heterocycles. The van der Waals surface area contributed by atoms with Gasteiger partial charge in [0.15, 0.2) is 0 Å². The molecule has 0 radical (unpaired) electrons. The van der Waals surface area contributed by atoms with E-state index in [4.69, 9.17) is 22.6 Å². The molecule has 5 rings (SSSR count). The van der Waals surface area contributed by atoms with Crippen LogP contribution in [0.4, 0.5) is 5.69 Å². The monoisotopic (exact) mass is 619 g/mol. The topological polar surface area (TPSA) is 153 Å². The number of nitrogen functional groups attached to an aromatic ring is 1. The number of nitrogens with two attached hydrogens (primary N) is 4. The predicted molar refractivity (Wildman–Crippen MR) is 152 cm³/mol. The summed E-state index contributed by atoms with van der Waals surface area (Å²) < 4.78 is 0. The summed E-state index contributed by atoms with van der Waals surface area (Å²) in [6, 6.07) is 17.3. The molecule has 1 atom stereocenters. The van der Waals surface area contributed by atoms with Gasteiger partial charge in [0.05, 0.1) is 16.8 Å². The van der Waals surface area contributed by atoms with Crippen LogP contribution in [0.3, 0.4) is 0 Å². The Morgan fingerprint density at radius 2 is 1.76 bits per heavy atom. The van der Waals surface area contributed by atoms with Gasteiger partial charge in [0.2, 0.25) is 0 Å². The molecule has 0 fully saturated rings. The molecule has 37 heavy (non-hydrogen) atoms. The maximum absolute atomic E-state index is 9.89. The first-order valence-corrected chi connectivity index (χ1v) is 11.4. The first-order valence-electron chi connectivity index (χ1n) is 11.4. The lowest BCUT2D eigenvalue weighted by atomic mass is 9.81. The number of aryl methyl sites for hydroxylation is 1. The summed E-state index contributed by atoms with van der Waals surface area (Å²) in [7, 11) is 0. The van der Waals surface area contributed by atoms with Crippen molar-refractivity contribution in [3.63, 3.8) is 0 Å². The van der Waals surface area contributed by atoms with Crippen molar-refractivity contribution in [2.45, 2.75) is 19.4 Å². The Kier molecular flexibility index (Phi) is 8.46. The van der Waals surface area contributed by atoms with Gasteiger partial charge in [-0.3, -0.25) is 16.1 Å². The van der Waals surface area contributed by atoms with Gasteiger partial charge < -0.3 is 34.0 Å². The number of nitrogens with zero attached hydrogens (tertiary/aromatic N) is 3. The number of hydrogen-bond acceptors (Lipinski definition) is 3. The van der Waals surface area contributed by atoms with Gasteiger partial charge in [-0.15, -0.1) is 17.0 Å². The van der Waals surface area contributed by atoms with Gasteiger partial charge in [0, 0.05) is 28.2 Å². The fourth-order valence-corrected chi connectivity index (χ4v) is 4.97. The van der Waals surface area contributed by atoms with Gasteiger partial charge in [-0.05, 0) is 46.9 Å². The van der Waals surface area contributed by atoms with E-state index in [1.165, 1.54) is 0 Å². The van der Waals surface area contributed by atoms with Crippen molar-refractivity contribution in [1.82, 2.24) is 4.98 Å². The molecule has 0 aliphatic heterocycles. The van der Waals surface area contributed by atoms with Crippen molar-refractivity contribution in [3.05, 3.63) is 94.8 Å². The van der Waals surface area contributed by atoms with Crippen molar-refractivity contribution in [2.75, 3.05) is 5.73 Å². The maximum Gasteiger partial charge on any atom is 0.322 e. The van der Waals surface area contributed by atoms with Gasteiger partial charge in [-0.1, -0.05) is 55.5 Å². The van der Waals surface area contributed by atoms with Crippen LogP contribution < -0.4 is 39.6 Å². The maximum atomic E-state index is 9.89. The molecule has 9 heteroatoms. The summed E-state index contributed by atoms with van der Waals surface area (Å²) in [5.74, 6) is 0.239. The molecule has 0 saturated carbocycles. The van der Waals surface area contributed by atoms with E-state index in [1.54, 1.807) is 12.3 Å². The molecule has 0 amide bonds. The molecule has 3 aromatic carbocycles. The third-order valence-corrected chi connectivity index (χ3v) is 6.56. The second kappa shape index (κ2) is 11.2. The molecular weight excluding hydrogens is 594 g/mol. The van der Waals surface area contributed by atoms with E-state index in [0.717, 1.165) is 44.2 Å². The van der Waals surface area contributed by atoms with Crippen LogP contribution in [0.1, 0.15) is 29.3 Å². The van der Waals surface area contributed by atoms with Gasteiger partial charge in [-0.25, -0.2) is 0 Å². The highest BCUT2D eigenvalue weighted by molar-refractivity contribution is 8.93. The van der Waals surface area contributed by atoms with E-state index in [-0.39, 0.29) is 39.8 Å². The molecular formula is C28H27Br2N7. The molecule has 4 aromatic rings. The Hall–Kier alpha value is -3.62. The van der Waals surface area contributed by atoms with Crippen molar-refractivity contribution >= 4 is 51.1 Å². The number of benzene rings is 3. The summed E-state index contributed by atoms with van der Waals surface area (Å²) in [6.45, 7) is 2.10. The van der Waals surface area contributed by atoms with Gasteiger partial charge in [-0.2, -0.15) is 4.79 Å². The number of aromatic nitrogens is 1. The fraction of sp³-hybridized carbons (Fsp3) is 0.107. The number of hydrogen-bond donors (Lipinski definition) is 4. The lowest BCUT2D eigenvalue weighted by Crippen LogP contribution is -3.00. The van der Waals surface area contributed by atoms with Crippen LogP contribution in [-0.4, -0.2) is 27.4 Å². The van der Waals surface area contributed by atoms with Gasteiger partial charge in [0.1, 0.15) is 6.04 Å². The highest BCUT2D eigenvalue weighted by Crippen LogP contribution is 2.46. The van der Waals surface area contributed by atoms with E-state index in [2.05, 4.69) is 28.8 Å². The van der Waals surface area contributed by atoms with Crippen molar-refractivity contribution in [3.8, 4) is 22.3 Å². The van der Waals surface area contributed by atoms with Crippen LogP contribution in [0.25, 0.3) is 44.6 Å². The van der Waals surface area contributed by atoms with E-state index in [1.807, 2.05) is 48.5 Å². The third-order valence-electron chi connectivity index (χ3n) is 6.56. The standard InChI is InChI=1S/C28H25N7.2BrH/c1-2-18-22(15-7-4-3-5-8-15)23(16-9-6-10-17(13-16)28(31)32)26(30)19-14-34-21-12-11-20(29)27(35-33)25(21)24(18)19;;/h3-14,20H,2,29-30H2,1H3,(H3,31,32);2*1H. The van der Waals surface area contributed by atoms with Crippen LogP contribution in [0.5, 0.6) is 0 Å². The average Bonchev–Trinajstić information content (AvgIpc) is 2.88. The SMILES string of the molecule is Br.CCc1c(-c2ccccc2)c(-c2cccc(C(N)=[NH2+])c2)c(N)c2cnc3c(c12)C(=[N+]=[N-])C(N)C=C3.[Br-]. The van der Waals surface area contributed by atoms with Gasteiger partial charge >= 0.3 is 5.71 Å². The predicted octanol–water partition coefficient (Wildman–Crippen LogP) is 0.133. The Labute approximate surface area is 236 Å². The van der Waals surface area contributed by atoms with Crippen LogP contribution in [0, 0.1) is 0 Å². The lowest BCUT2D eigenvalue weighted by Gasteiger charge is -2.23. The lowest BCUT2D eigenvalue weighted by molar-refractivity contribution is -0.114. The smallest absolute Gasteiger partial charge is 0.322 e. The van der Waals surface area contributed by atoms with E-state index in [9.17, 15) is 5.53 Å². The second-order valence-electron chi connectivity index (χ2n) is 8.58. The van der Waals surface area contributed by atoms with Crippen LogP contribution >= 0.6 is 17.0 Å². The summed E-state index contributed by atoms with van der Waals surface area (Å²) in [6.07, 6.45) is 6.12. The van der Waals surface area contributed by atoms with Crippen molar-refractivity contribution in [2.24, 2.45) is 11.5 Å². The number of amidine groups is 1. The summed E-state index contributed by atoms with van der Waals surface area (Å²) in [5, 5.41) is 7.58. The van der Waals surface area contributed by atoms with Crippen LogP contribution in [-0.2, 0) is 6.42 Å². The number of pyridine rings is 1. The Balaban J connectivity index is 0.00000190. The number of rotatable bonds is 4. The highest BCUT2D eigenvalue weighted by Gasteiger charge is 2.32. The zero-order chi connectivity index (χ0) is 24.7. The summed E-state index contributed by atoms with van der Waals surface area (Å²) in [4.78, 5) is 8.21. The van der Waals surface area contributed by atoms with E-state index in [0.29, 0.717) is 29.1 Å². The zero-order valence-electron chi connectivity index (χ0n) is 20.1. The minimum absolute atomic E-state index is 0. The molecule has 7 nitrogen and oxygen atoms in total. The molecule has 1 aliphatic rings. The van der Waals surface area contributed by atoms with Gasteiger partial charge in [0.25, 0.3) is 5.84 Å². The first-order chi connectivity index (χ1) is 17.0. The first kappa shape index (κ1) is 28.0. The van der Waals surface area contributed by atoms with Crippen molar-refractivity contribution < 1.29 is 27.2 Å². The quantitative estimate of drug-likeness (QED) is 0.0842. The highest BCUT2D eigenvalue weighted by atomic mass is 79.9. The Bertz CT molecular complexity index is 1590. The third kappa shape index (κ3) is 4.63. The summed E-state index contributed by atoms with van der Waals surface area (Å²) >= 11 is 0. The Morgan fingerprint density at radius 1 is 1.05 bits per heavy atom. The minimum atomic E-state index is -0.551. The molecule has 0 spiro atoms. The second-order valence-corrected chi connectivity index (χ2v) is 8.58. The zero-order valence-corrected chi connectivity index (χ0v) is 23.4. The molecule has 188 valence electrons. The van der Waals surface area contributed by atoms with Crippen molar-refractivity contribution in [1.29, 1.82) is 0 Å². The normalized spacial score (nSPS) is 13.8. The minimum Gasteiger partial charge on any atom is -1.00 e. The average molecular weight is 621 g/mol. The molecule has 1 aliphatic carbocycles. The van der Waals surface area contributed by atoms with E-state index < -0.39 is 6.04 Å². The number of halogens is 2. The Morgan fingerprint density at radius 3 is 2.41 bits per heavy atom. The fourth-order valence-electron chi connectivity index (χ4n) is 4.97. The molecule has 1 unspecified atom stereocenters. The van der Waals surface area contributed by atoms with Crippen LogP contribution in [0.2, 0.25) is 0 Å². The molecule has 8 N–H and O–H groups in total. The largest absolute Gasteiger partial charge is 1.00 e. The van der Waals surface area contributed by atoms with Crippen LogP contribution in [0.15, 0.2) is 66.9 Å². The molecule has 1 aromatic heterocycles. The number of fused-ring (bicyclic) bond motifs is 3.